The maximum atomic E-state index is 13.7. The lowest BCUT2D eigenvalue weighted by Gasteiger charge is -2.36. The summed E-state index contributed by atoms with van der Waals surface area (Å²) in [7, 11) is 0. The van der Waals surface area contributed by atoms with Crippen LogP contribution in [0.5, 0.6) is 0 Å². The molecule has 1 aromatic rings. The minimum atomic E-state index is -0.309. The second-order valence-corrected chi connectivity index (χ2v) is 4.39. The number of carbonyl (C=O) groups excluding carboxylic acids is 1. The first-order chi connectivity index (χ1) is 8.67. The SMILES string of the molecule is CCC1C(=O)NCCN1c1ccc(CN)c(F)c1. The topological polar surface area (TPSA) is 58.4 Å². The smallest absolute Gasteiger partial charge is 0.242 e. The van der Waals surface area contributed by atoms with Gasteiger partial charge in [-0.1, -0.05) is 13.0 Å². The molecule has 5 heteroatoms. The van der Waals surface area contributed by atoms with E-state index in [1.54, 1.807) is 6.07 Å². The number of hydrogen-bond donors (Lipinski definition) is 2. The Morgan fingerprint density at radius 3 is 2.94 bits per heavy atom. The number of nitrogens with zero attached hydrogens (tertiary/aromatic N) is 1. The van der Waals surface area contributed by atoms with Gasteiger partial charge in [-0.05, 0) is 18.6 Å². The summed E-state index contributed by atoms with van der Waals surface area (Å²) in [5.41, 5.74) is 6.67. The molecule has 0 aliphatic carbocycles. The monoisotopic (exact) mass is 251 g/mol. The fourth-order valence-electron chi connectivity index (χ4n) is 2.31. The predicted octanol–water partition coefficient (Wildman–Crippen LogP) is 0.999. The minimum absolute atomic E-state index is 0.00654. The van der Waals surface area contributed by atoms with Crippen molar-refractivity contribution in [3.05, 3.63) is 29.6 Å². The number of benzene rings is 1. The van der Waals surface area contributed by atoms with Gasteiger partial charge >= 0.3 is 0 Å². The lowest BCUT2D eigenvalue weighted by Crippen LogP contribution is -2.55. The van der Waals surface area contributed by atoms with Crippen LogP contribution in [0.1, 0.15) is 18.9 Å². The molecule has 1 unspecified atom stereocenters. The molecule has 1 aromatic carbocycles. The van der Waals surface area contributed by atoms with E-state index in [9.17, 15) is 9.18 Å². The molecule has 3 N–H and O–H groups in total. The molecule has 0 aromatic heterocycles. The van der Waals surface area contributed by atoms with Gasteiger partial charge in [0, 0.05) is 30.9 Å². The zero-order valence-electron chi connectivity index (χ0n) is 10.4. The van der Waals surface area contributed by atoms with E-state index < -0.39 is 0 Å². The minimum Gasteiger partial charge on any atom is -0.358 e. The Bertz CT molecular complexity index is 450. The van der Waals surface area contributed by atoms with Crippen LogP contribution >= 0.6 is 0 Å². The third kappa shape index (κ3) is 2.31. The van der Waals surface area contributed by atoms with Crippen LogP contribution in [0.25, 0.3) is 0 Å². The summed E-state index contributed by atoms with van der Waals surface area (Å²) in [6.45, 7) is 3.43. The zero-order chi connectivity index (χ0) is 13.1. The number of nitrogens with two attached hydrogens (primary N) is 1. The quantitative estimate of drug-likeness (QED) is 0.842. The van der Waals surface area contributed by atoms with Crippen molar-refractivity contribution in [1.29, 1.82) is 0 Å². The molecule has 1 atom stereocenters. The molecule has 1 amide bonds. The summed E-state index contributed by atoms with van der Waals surface area (Å²) in [5.74, 6) is -0.303. The van der Waals surface area contributed by atoms with Gasteiger partial charge in [-0.2, -0.15) is 0 Å². The number of carbonyl (C=O) groups is 1. The number of amides is 1. The second-order valence-electron chi connectivity index (χ2n) is 4.39. The molecule has 0 spiro atoms. The maximum Gasteiger partial charge on any atom is 0.242 e. The van der Waals surface area contributed by atoms with Crippen LogP contribution in [-0.2, 0) is 11.3 Å². The van der Waals surface area contributed by atoms with Crippen molar-refractivity contribution >= 4 is 11.6 Å². The number of hydrogen-bond acceptors (Lipinski definition) is 3. The molecule has 98 valence electrons. The Balaban J connectivity index is 2.29. The Labute approximate surface area is 106 Å². The van der Waals surface area contributed by atoms with Crippen molar-refractivity contribution in [2.24, 2.45) is 5.73 Å². The number of nitrogens with one attached hydrogen (secondary N) is 1. The molecule has 1 fully saturated rings. The number of halogens is 1. The summed E-state index contributed by atoms with van der Waals surface area (Å²) < 4.78 is 13.7. The molecule has 0 bridgehead atoms. The van der Waals surface area contributed by atoms with E-state index in [-0.39, 0.29) is 24.3 Å². The van der Waals surface area contributed by atoms with Crippen molar-refractivity contribution in [2.75, 3.05) is 18.0 Å². The van der Waals surface area contributed by atoms with Crippen molar-refractivity contribution in [3.63, 3.8) is 0 Å². The molecule has 0 radical (unpaired) electrons. The van der Waals surface area contributed by atoms with Crippen LogP contribution in [-0.4, -0.2) is 25.0 Å². The normalized spacial score (nSPS) is 19.8. The first kappa shape index (κ1) is 12.8. The number of anilines is 1. The van der Waals surface area contributed by atoms with Crippen LogP contribution in [0, 0.1) is 5.82 Å². The average Bonchev–Trinajstić information content (AvgIpc) is 2.38. The first-order valence-corrected chi connectivity index (χ1v) is 6.20. The Hall–Kier alpha value is -1.62. The van der Waals surface area contributed by atoms with Gasteiger partial charge < -0.3 is 16.0 Å². The highest BCUT2D eigenvalue weighted by Crippen LogP contribution is 2.23. The van der Waals surface area contributed by atoms with Crippen molar-refractivity contribution < 1.29 is 9.18 Å². The molecule has 1 saturated heterocycles. The Morgan fingerprint density at radius 1 is 1.56 bits per heavy atom. The van der Waals surface area contributed by atoms with Gasteiger partial charge in [0.15, 0.2) is 0 Å². The number of piperazine rings is 1. The van der Waals surface area contributed by atoms with Crippen LogP contribution in [0.3, 0.4) is 0 Å². The fourth-order valence-corrected chi connectivity index (χ4v) is 2.31. The third-order valence-electron chi connectivity index (χ3n) is 3.31. The van der Waals surface area contributed by atoms with E-state index in [0.717, 1.165) is 5.69 Å². The largest absolute Gasteiger partial charge is 0.358 e. The van der Waals surface area contributed by atoms with Crippen LogP contribution in [0.15, 0.2) is 18.2 Å². The van der Waals surface area contributed by atoms with E-state index in [2.05, 4.69) is 5.32 Å². The van der Waals surface area contributed by atoms with Crippen molar-refractivity contribution in [2.45, 2.75) is 25.9 Å². The lowest BCUT2D eigenvalue weighted by molar-refractivity contribution is -0.123. The molecule has 0 saturated carbocycles. The summed E-state index contributed by atoms with van der Waals surface area (Å²) in [5, 5.41) is 2.83. The number of rotatable bonds is 3. The van der Waals surface area contributed by atoms with E-state index in [0.29, 0.717) is 25.1 Å². The molecule has 18 heavy (non-hydrogen) atoms. The average molecular weight is 251 g/mol. The second kappa shape index (κ2) is 5.35. The van der Waals surface area contributed by atoms with E-state index >= 15 is 0 Å². The maximum absolute atomic E-state index is 13.7. The molecular formula is C13H18FN3O. The van der Waals surface area contributed by atoms with E-state index in [4.69, 9.17) is 5.73 Å². The highest BCUT2D eigenvalue weighted by atomic mass is 19.1. The molecule has 1 aliphatic rings. The standard InChI is InChI=1S/C13H18FN3O/c1-2-12-13(18)16-5-6-17(12)10-4-3-9(8-15)11(14)7-10/h3-4,7,12H,2,5-6,8,15H2,1H3,(H,16,18). The molecular weight excluding hydrogens is 233 g/mol. The fraction of sp³-hybridized carbons (Fsp3) is 0.462. The van der Waals surface area contributed by atoms with Crippen LogP contribution < -0.4 is 16.0 Å². The predicted molar refractivity (Wildman–Crippen MR) is 68.7 cm³/mol. The van der Waals surface area contributed by atoms with Gasteiger partial charge in [-0.3, -0.25) is 4.79 Å². The van der Waals surface area contributed by atoms with Crippen LogP contribution in [0.2, 0.25) is 0 Å². The van der Waals surface area contributed by atoms with Gasteiger partial charge in [-0.15, -0.1) is 0 Å². The molecule has 1 heterocycles. The van der Waals surface area contributed by atoms with E-state index in [1.807, 2.05) is 17.9 Å². The molecule has 2 rings (SSSR count). The zero-order valence-corrected chi connectivity index (χ0v) is 10.4. The van der Waals surface area contributed by atoms with Gasteiger partial charge in [-0.25, -0.2) is 4.39 Å². The van der Waals surface area contributed by atoms with E-state index in [1.165, 1.54) is 6.07 Å². The van der Waals surface area contributed by atoms with Gasteiger partial charge in [0.2, 0.25) is 5.91 Å². The van der Waals surface area contributed by atoms with Gasteiger partial charge in [0.25, 0.3) is 0 Å². The Kier molecular flexibility index (Phi) is 3.81. The highest BCUT2D eigenvalue weighted by Gasteiger charge is 2.28. The Morgan fingerprint density at radius 2 is 2.33 bits per heavy atom. The van der Waals surface area contributed by atoms with Crippen LogP contribution in [0.4, 0.5) is 10.1 Å². The lowest BCUT2D eigenvalue weighted by atomic mass is 10.1. The summed E-state index contributed by atoms with van der Waals surface area (Å²) in [6, 6.07) is 4.75. The molecule has 4 nitrogen and oxygen atoms in total. The van der Waals surface area contributed by atoms with Crippen molar-refractivity contribution in [1.82, 2.24) is 5.32 Å². The van der Waals surface area contributed by atoms with Gasteiger partial charge in [0.05, 0.1) is 0 Å². The highest BCUT2D eigenvalue weighted by molar-refractivity contribution is 5.86. The summed E-state index contributed by atoms with van der Waals surface area (Å²) in [4.78, 5) is 13.7. The first-order valence-electron chi connectivity index (χ1n) is 6.20. The van der Waals surface area contributed by atoms with Crippen molar-refractivity contribution in [3.8, 4) is 0 Å². The third-order valence-corrected chi connectivity index (χ3v) is 3.31. The van der Waals surface area contributed by atoms with Gasteiger partial charge in [0.1, 0.15) is 11.9 Å². The molecule has 1 aliphatic heterocycles. The summed E-state index contributed by atoms with van der Waals surface area (Å²) in [6.07, 6.45) is 0.700. The summed E-state index contributed by atoms with van der Waals surface area (Å²) >= 11 is 0.